The van der Waals surface area contributed by atoms with Crippen LogP contribution in [-0.2, 0) is 13.6 Å². The third-order valence-electron chi connectivity index (χ3n) is 5.23. The molecule has 8 nitrogen and oxygen atoms in total. The van der Waals surface area contributed by atoms with Crippen molar-refractivity contribution in [2.75, 3.05) is 18.0 Å². The van der Waals surface area contributed by atoms with Gasteiger partial charge in [-0.25, -0.2) is 9.97 Å². The Balaban J connectivity index is 1.55. The minimum Gasteiger partial charge on any atom is -0.355 e. The molecule has 1 aliphatic heterocycles. The fraction of sp³-hybridized carbons (Fsp3) is 0.421. The number of piperidine rings is 1. The van der Waals surface area contributed by atoms with Gasteiger partial charge in [0.1, 0.15) is 23.5 Å². The maximum absolute atomic E-state index is 9.37. The molecule has 27 heavy (non-hydrogen) atoms. The Labute approximate surface area is 158 Å². The van der Waals surface area contributed by atoms with Gasteiger partial charge in [-0.2, -0.15) is 5.26 Å². The molecule has 0 N–H and O–H groups in total. The predicted octanol–water partition coefficient (Wildman–Crippen LogP) is 2.02. The van der Waals surface area contributed by atoms with Gasteiger partial charge in [-0.15, -0.1) is 10.2 Å². The monoisotopic (exact) mass is 362 g/mol. The number of rotatable bonds is 4. The van der Waals surface area contributed by atoms with E-state index < -0.39 is 0 Å². The fourth-order valence-electron chi connectivity index (χ4n) is 3.71. The molecule has 0 spiro atoms. The highest BCUT2D eigenvalue weighted by atomic mass is 15.3. The number of nitriles is 1. The molecule has 1 fully saturated rings. The zero-order chi connectivity index (χ0) is 18.8. The lowest BCUT2D eigenvalue weighted by Crippen LogP contribution is -2.36. The highest BCUT2D eigenvalue weighted by Crippen LogP contribution is 2.29. The largest absolute Gasteiger partial charge is 0.355 e. The average Bonchev–Trinajstić information content (AvgIpc) is 3.28. The van der Waals surface area contributed by atoms with Crippen LogP contribution in [0.3, 0.4) is 0 Å². The highest BCUT2D eigenvalue weighted by Gasteiger charge is 2.27. The molecule has 138 valence electrons. The van der Waals surface area contributed by atoms with Crippen LogP contribution in [-0.4, -0.2) is 42.4 Å². The van der Waals surface area contributed by atoms with E-state index in [0.717, 1.165) is 49.2 Å². The number of aromatic nitrogens is 6. The van der Waals surface area contributed by atoms with E-state index in [1.165, 1.54) is 0 Å². The Morgan fingerprint density at radius 3 is 2.93 bits per heavy atom. The molecule has 0 saturated carbocycles. The first-order valence-corrected chi connectivity index (χ1v) is 9.13. The minimum absolute atomic E-state index is 0.266. The van der Waals surface area contributed by atoms with Crippen LogP contribution in [0.1, 0.15) is 41.8 Å². The van der Waals surface area contributed by atoms with E-state index in [1.54, 1.807) is 18.5 Å². The van der Waals surface area contributed by atoms with E-state index in [2.05, 4.69) is 40.3 Å². The Kier molecular flexibility index (Phi) is 4.59. The van der Waals surface area contributed by atoms with E-state index in [9.17, 15) is 5.26 Å². The van der Waals surface area contributed by atoms with Crippen molar-refractivity contribution in [1.82, 2.24) is 29.3 Å². The summed E-state index contributed by atoms with van der Waals surface area (Å²) in [5.41, 5.74) is 0.618. The molecule has 1 unspecified atom stereocenters. The molecule has 4 heterocycles. The lowest BCUT2D eigenvalue weighted by atomic mass is 9.97. The molecule has 0 amide bonds. The average molecular weight is 362 g/mol. The van der Waals surface area contributed by atoms with E-state index in [-0.39, 0.29) is 5.92 Å². The number of hydrogen-bond donors (Lipinski definition) is 0. The van der Waals surface area contributed by atoms with Gasteiger partial charge in [0.2, 0.25) is 0 Å². The van der Waals surface area contributed by atoms with Crippen molar-refractivity contribution < 1.29 is 0 Å². The topological polar surface area (TPSA) is 88.5 Å². The molecule has 1 aliphatic rings. The molecule has 1 saturated heterocycles. The maximum atomic E-state index is 9.37. The standard InChI is InChI=1S/C19H22N8/c1-14-21-8-10-26(14)13-17-23-24-19(25(17)2)16-6-4-9-27(12-16)18-15(11-20)5-3-7-22-18/h3,5,7-8,10,16H,4,6,9,12-13H2,1-2H3. The SMILES string of the molecule is Cc1nccn1Cc1nnc(C2CCCN(c3ncccc3C#N)C2)n1C. The summed E-state index contributed by atoms with van der Waals surface area (Å²) in [6.07, 6.45) is 7.59. The summed E-state index contributed by atoms with van der Waals surface area (Å²) in [5.74, 6) is 3.90. The van der Waals surface area contributed by atoms with Crippen LogP contribution in [0.2, 0.25) is 0 Å². The summed E-state index contributed by atoms with van der Waals surface area (Å²) < 4.78 is 4.16. The number of nitrogens with zero attached hydrogens (tertiary/aromatic N) is 8. The molecule has 8 heteroatoms. The van der Waals surface area contributed by atoms with Gasteiger partial charge in [-0.3, -0.25) is 0 Å². The van der Waals surface area contributed by atoms with Crippen LogP contribution in [0, 0.1) is 18.3 Å². The van der Waals surface area contributed by atoms with E-state index in [4.69, 9.17) is 0 Å². The Bertz CT molecular complexity index is 980. The van der Waals surface area contributed by atoms with Gasteiger partial charge in [0.15, 0.2) is 5.82 Å². The van der Waals surface area contributed by atoms with Crippen molar-refractivity contribution in [3.05, 3.63) is 53.8 Å². The van der Waals surface area contributed by atoms with Gasteiger partial charge in [-0.05, 0) is 31.9 Å². The molecule has 4 rings (SSSR count). The fourth-order valence-corrected chi connectivity index (χ4v) is 3.71. The molecule has 1 atom stereocenters. The summed E-state index contributed by atoms with van der Waals surface area (Å²) in [7, 11) is 2.03. The zero-order valence-electron chi connectivity index (χ0n) is 15.6. The van der Waals surface area contributed by atoms with Gasteiger partial charge in [0, 0.05) is 44.6 Å². The molecule has 0 radical (unpaired) electrons. The predicted molar refractivity (Wildman–Crippen MR) is 100 cm³/mol. The molecule has 3 aromatic heterocycles. The molecule has 0 aromatic carbocycles. The normalized spacial score (nSPS) is 17.1. The van der Waals surface area contributed by atoms with Crippen molar-refractivity contribution in [2.45, 2.75) is 32.2 Å². The van der Waals surface area contributed by atoms with Gasteiger partial charge in [-0.1, -0.05) is 0 Å². The summed E-state index contributed by atoms with van der Waals surface area (Å²) >= 11 is 0. The van der Waals surface area contributed by atoms with E-state index in [1.807, 2.05) is 26.2 Å². The van der Waals surface area contributed by atoms with Crippen LogP contribution in [0.5, 0.6) is 0 Å². The Morgan fingerprint density at radius 2 is 2.15 bits per heavy atom. The lowest BCUT2D eigenvalue weighted by molar-refractivity contribution is 0.475. The summed E-state index contributed by atoms with van der Waals surface area (Å²) in [4.78, 5) is 10.9. The maximum Gasteiger partial charge on any atom is 0.152 e. The van der Waals surface area contributed by atoms with Gasteiger partial charge >= 0.3 is 0 Å². The molecule has 0 aliphatic carbocycles. The third kappa shape index (κ3) is 3.28. The van der Waals surface area contributed by atoms with E-state index >= 15 is 0 Å². The molecular formula is C19H22N8. The van der Waals surface area contributed by atoms with Crippen LogP contribution < -0.4 is 4.90 Å². The van der Waals surface area contributed by atoms with Crippen molar-refractivity contribution in [3.63, 3.8) is 0 Å². The van der Waals surface area contributed by atoms with Crippen molar-refractivity contribution >= 4 is 5.82 Å². The van der Waals surface area contributed by atoms with Crippen molar-refractivity contribution in [2.24, 2.45) is 7.05 Å². The van der Waals surface area contributed by atoms with Crippen LogP contribution in [0.25, 0.3) is 0 Å². The second-order valence-electron chi connectivity index (χ2n) is 6.91. The summed E-state index contributed by atoms with van der Waals surface area (Å²) in [6, 6.07) is 5.87. The van der Waals surface area contributed by atoms with E-state index in [0.29, 0.717) is 12.1 Å². The van der Waals surface area contributed by atoms with Gasteiger partial charge < -0.3 is 14.0 Å². The number of hydrogen-bond acceptors (Lipinski definition) is 6. The van der Waals surface area contributed by atoms with Crippen LogP contribution in [0.15, 0.2) is 30.7 Å². The number of pyridine rings is 1. The van der Waals surface area contributed by atoms with Crippen LogP contribution in [0.4, 0.5) is 5.82 Å². The zero-order valence-corrected chi connectivity index (χ0v) is 15.6. The first-order chi connectivity index (χ1) is 13.2. The summed E-state index contributed by atoms with van der Waals surface area (Å²) in [6.45, 7) is 4.34. The van der Waals surface area contributed by atoms with Crippen molar-refractivity contribution in [3.8, 4) is 6.07 Å². The summed E-state index contributed by atoms with van der Waals surface area (Å²) in [5, 5.41) is 18.3. The van der Waals surface area contributed by atoms with Crippen molar-refractivity contribution in [1.29, 1.82) is 5.26 Å². The Morgan fingerprint density at radius 1 is 1.26 bits per heavy atom. The minimum atomic E-state index is 0.266. The molecular weight excluding hydrogens is 340 g/mol. The number of anilines is 1. The number of imidazole rings is 1. The third-order valence-corrected chi connectivity index (χ3v) is 5.23. The Hall–Kier alpha value is -3.21. The second-order valence-corrected chi connectivity index (χ2v) is 6.91. The quantitative estimate of drug-likeness (QED) is 0.705. The second kappa shape index (κ2) is 7.19. The first kappa shape index (κ1) is 17.2. The van der Waals surface area contributed by atoms with Gasteiger partial charge in [0.05, 0.1) is 12.1 Å². The highest BCUT2D eigenvalue weighted by molar-refractivity contribution is 5.53. The first-order valence-electron chi connectivity index (χ1n) is 9.13. The van der Waals surface area contributed by atoms with Gasteiger partial charge in [0.25, 0.3) is 0 Å². The van der Waals surface area contributed by atoms with Crippen LogP contribution >= 0.6 is 0 Å². The smallest absolute Gasteiger partial charge is 0.152 e. The number of aryl methyl sites for hydroxylation is 1. The molecule has 3 aromatic rings. The lowest BCUT2D eigenvalue weighted by Gasteiger charge is -2.33. The molecule has 0 bridgehead atoms.